The molecule has 2 heterocycles. The molecule has 1 aromatic heterocycles. The highest BCUT2D eigenvalue weighted by molar-refractivity contribution is 5.50. The number of hydrogen-bond acceptors (Lipinski definition) is 9. The van der Waals surface area contributed by atoms with Crippen LogP contribution in [0.4, 0.5) is 0 Å². The molecule has 0 amide bonds. The van der Waals surface area contributed by atoms with Gasteiger partial charge in [0.15, 0.2) is 0 Å². The second kappa shape index (κ2) is 10.3. The molecule has 0 bridgehead atoms. The molecule has 1 fully saturated rings. The molecule has 1 aliphatic heterocycles. The summed E-state index contributed by atoms with van der Waals surface area (Å²) in [6.07, 6.45) is -2.56. The molecule has 2 unspecified atom stereocenters. The van der Waals surface area contributed by atoms with E-state index in [-0.39, 0.29) is 19.4 Å². The molecule has 1 aromatic rings. The Bertz CT molecular complexity index is 686. The molecular formula is C15H24N2O9. The summed E-state index contributed by atoms with van der Waals surface area (Å²) in [5.74, 6) is 0. The van der Waals surface area contributed by atoms with Crippen molar-refractivity contribution in [2.75, 3.05) is 13.2 Å². The van der Waals surface area contributed by atoms with Gasteiger partial charge in [-0.3, -0.25) is 14.3 Å². The molecule has 11 nitrogen and oxygen atoms in total. The molecule has 0 saturated carbocycles. The van der Waals surface area contributed by atoms with Gasteiger partial charge in [-0.1, -0.05) is 0 Å². The van der Waals surface area contributed by atoms with E-state index in [1.54, 1.807) is 6.92 Å². The molecule has 6 N–H and O–H groups in total. The van der Waals surface area contributed by atoms with Crippen LogP contribution in [0.5, 0.6) is 0 Å². The predicted octanol–water partition coefficient (Wildman–Crippen LogP) is -3.22. The lowest BCUT2D eigenvalue weighted by Gasteiger charge is -2.14. The zero-order valence-electron chi connectivity index (χ0n) is 14.2. The fraction of sp³-hybridized carbons (Fsp3) is 0.667. The van der Waals surface area contributed by atoms with Gasteiger partial charge in [-0.15, -0.1) is 0 Å². The molecule has 148 valence electrons. The molecular weight excluding hydrogens is 352 g/mol. The maximum Gasteiger partial charge on any atom is 0.330 e. The molecule has 1 saturated heterocycles. The second-order valence-corrected chi connectivity index (χ2v) is 5.81. The average Bonchev–Trinajstić information content (AvgIpc) is 2.98. The number of aliphatic hydroxyl groups excluding tert-OH is 5. The van der Waals surface area contributed by atoms with E-state index in [0.717, 1.165) is 0 Å². The van der Waals surface area contributed by atoms with E-state index in [1.165, 1.54) is 10.8 Å². The van der Waals surface area contributed by atoms with Crippen molar-refractivity contribution in [3.8, 4) is 0 Å². The number of ether oxygens (including phenoxy) is 1. The number of carbonyl (C=O) groups is 1. The molecule has 0 aliphatic carbocycles. The Morgan fingerprint density at radius 3 is 2.50 bits per heavy atom. The highest BCUT2D eigenvalue weighted by atomic mass is 16.5. The summed E-state index contributed by atoms with van der Waals surface area (Å²) in [6.45, 7) is 0.743. The van der Waals surface area contributed by atoms with Crippen LogP contribution in [0.15, 0.2) is 15.8 Å². The number of hydrogen-bond donors (Lipinski definition) is 6. The maximum absolute atomic E-state index is 11.6. The summed E-state index contributed by atoms with van der Waals surface area (Å²) in [5, 5.41) is 44.0. The first-order chi connectivity index (χ1) is 12.2. The fourth-order valence-corrected chi connectivity index (χ4v) is 2.23. The van der Waals surface area contributed by atoms with Crippen molar-refractivity contribution >= 4 is 6.29 Å². The van der Waals surface area contributed by atoms with Gasteiger partial charge in [0.1, 0.15) is 24.7 Å². The summed E-state index contributed by atoms with van der Waals surface area (Å²) >= 11 is 0. The van der Waals surface area contributed by atoms with Crippen molar-refractivity contribution in [1.82, 2.24) is 9.55 Å². The van der Waals surface area contributed by atoms with Gasteiger partial charge in [-0.05, 0) is 6.92 Å². The van der Waals surface area contributed by atoms with Crippen LogP contribution in [-0.4, -0.2) is 79.0 Å². The first kappa shape index (κ1) is 22.2. The van der Waals surface area contributed by atoms with Gasteiger partial charge >= 0.3 is 5.69 Å². The SMILES string of the molecule is Cc1cn([C@H]2C[C@H](O)[C@@H](CO)O2)c(=O)[nH]c1=O.O=CCC(O)C(O)CO. The van der Waals surface area contributed by atoms with E-state index in [9.17, 15) is 19.5 Å². The second-order valence-electron chi connectivity index (χ2n) is 5.81. The van der Waals surface area contributed by atoms with Gasteiger partial charge in [0, 0.05) is 24.6 Å². The van der Waals surface area contributed by atoms with Crippen LogP contribution in [0, 0.1) is 6.92 Å². The number of aldehydes is 1. The lowest BCUT2D eigenvalue weighted by molar-refractivity contribution is -0.111. The Morgan fingerprint density at radius 1 is 1.35 bits per heavy atom. The molecule has 5 atom stereocenters. The Kier molecular flexibility index (Phi) is 8.78. The average molecular weight is 376 g/mol. The number of carbonyl (C=O) groups excluding carboxylic acids is 1. The van der Waals surface area contributed by atoms with Crippen LogP contribution >= 0.6 is 0 Å². The van der Waals surface area contributed by atoms with E-state index < -0.39 is 48.5 Å². The zero-order chi connectivity index (χ0) is 19.9. The number of aromatic amines is 1. The van der Waals surface area contributed by atoms with Gasteiger partial charge in [0.05, 0.1) is 25.4 Å². The van der Waals surface area contributed by atoms with Crippen LogP contribution < -0.4 is 11.2 Å². The number of aromatic nitrogens is 2. The van der Waals surface area contributed by atoms with Crippen LogP contribution in [0.3, 0.4) is 0 Å². The monoisotopic (exact) mass is 376 g/mol. The summed E-state index contributed by atoms with van der Waals surface area (Å²) in [5.41, 5.74) is -0.643. The summed E-state index contributed by atoms with van der Waals surface area (Å²) in [4.78, 5) is 34.6. The van der Waals surface area contributed by atoms with Crippen molar-refractivity contribution in [3.05, 3.63) is 32.6 Å². The van der Waals surface area contributed by atoms with E-state index in [2.05, 4.69) is 4.98 Å². The highest BCUT2D eigenvalue weighted by Gasteiger charge is 2.34. The number of H-pyrrole nitrogens is 1. The van der Waals surface area contributed by atoms with Crippen molar-refractivity contribution in [2.24, 2.45) is 0 Å². The summed E-state index contributed by atoms with van der Waals surface area (Å²) < 4.78 is 6.54. The minimum atomic E-state index is -1.20. The van der Waals surface area contributed by atoms with Crippen molar-refractivity contribution in [1.29, 1.82) is 0 Å². The predicted molar refractivity (Wildman–Crippen MR) is 87.5 cm³/mol. The largest absolute Gasteiger partial charge is 0.394 e. The topological polar surface area (TPSA) is 182 Å². The van der Waals surface area contributed by atoms with Crippen LogP contribution in [0.1, 0.15) is 24.6 Å². The summed E-state index contributed by atoms with van der Waals surface area (Å²) in [6, 6.07) is 0. The lowest BCUT2D eigenvalue weighted by Crippen LogP contribution is -2.33. The van der Waals surface area contributed by atoms with E-state index in [4.69, 9.17) is 25.2 Å². The van der Waals surface area contributed by atoms with Crippen molar-refractivity contribution in [3.63, 3.8) is 0 Å². The van der Waals surface area contributed by atoms with Crippen molar-refractivity contribution in [2.45, 2.75) is 50.4 Å². The maximum atomic E-state index is 11.6. The number of nitrogens with one attached hydrogen (secondary N) is 1. The first-order valence-corrected chi connectivity index (χ1v) is 7.92. The Labute approximate surface area is 148 Å². The molecule has 26 heavy (non-hydrogen) atoms. The minimum absolute atomic E-state index is 0.137. The number of aryl methyl sites for hydroxylation is 1. The van der Waals surface area contributed by atoms with Gasteiger partial charge in [0.25, 0.3) is 5.56 Å². The third kappa shape index (κ3) is 5.83. The highest BCUT2D eigenvalue weighted by Crippen LogP contribution is 2.27. The third-order valence-corrected chi connectivity index (χ3v) is 3.81. The third-order valence-electron chi connectivity index (χ3n) is 3.81. The summed E-state index contributed by atoms with van der Waals surface area (Å²) in [7, 11) is 0. The number of rotatable bonds is 6. The van der Waals surface area contributed by atoms with Gasteiger partial charge in [-0.25, -0.2) is 4.79 Å². The Morgan fingerprint density at radius 2 is 2.00 bits per heavy atom. The quantitative estimate of drug-likeness (QED) is 0.278. The smallest absolute Gasteiger partial charge is 0.330 e. The van der Waals surface area contributed by atoms with Crippen LogP contribution in [0.2, 0.25) is 0 Å². The molecule has 2 rings (SSSR count). The van der Waals surface area contributed by atoms with Crippen LogP contribution in [-0.2, 0) is 9.53 Å². The Hall–Kier alpha value is -1.89. The van der Waals surface area contributed by atoms with Gasteiger partial charge in [0.2, 0.25) is 0 Å². The van der Waals surface area contributed by atoms with Crippen molar-refractivity contribution < 1.29 is 35.1 Å². The molecule has 0 spiro atoms. The molecule has 0 radical (unpaired) electrons. The van der Waals surface area contributed by atoms with E-state index in [0.29, 0.717) is 11.8 Å². The van der Waals surface area contributed by atoms with E-state index in [1.807, 2.05) is 0 Å². The van der Waals surface area contributed by atoms with Gasteiger partial charge in [-0.2, -0.15) is 0 Å². The molecule has 0 aromatic carbocycles. The molecule has 1 aliphatic rings. The molecule has 11 heteroatoms. The fourth-order valence-electron chi connectivity index (χ4n) is 2.23. The van der Waals surface area contributed by atoms with E-state index >= 15 is 0 Å². The first-order valence-electron chi connectivity index (χ1n) is 7.92. The normalized spacial score (nSPS) is 24.5. The number of aliphatic hydroxyl groups is 5. The Balaban J connectivity index is 0.000000321. The zero-order valence-corrected chi connectivity index (χ0v) is 14.2. The number of nitrogens with zero attached hydrogens (tertiary/aromatic N) is 1. The van der Waals surface area contributed by atoms with Crippen LogP contribution in [0.25, 0.3) is 0 Å². The minimum Gasteiger partial charge on any atom is -0.394 e. The standard InChI is InChI=1S/C10H14N2O5.C5H10O4/c1-5-3-12(10(16)11-9(5)15)8-2-6(14)7(4-13)17-8;6-2-1-4(8)5(9)3-7/h3,6-8,13-14H,2,4H2,1H3,(H,11,15,16);2,4-5,7-9H,1,3H2/t6-,7+,8+;/m0./s1. The van der Waals surface area contributed by atoms with Gasteiger partial charge < -0.3 is 35.1 Å². The lowest BCUT2D eigenvalue weighted by atomic mass is 10.2.